The standard InChI is InChI=1S/C25H21Cl2NO4/c26-18-9-11-19(12-10-18)32-15-16-5-7-17(8-6-16)24(29)28-22(13-14-23(28)25(30)31)20-3-1-2-4-21(20)27/h1-12,22-23H,13-15H2,(H,30,31)/t22-,23+/m1/s1. The van der Waals surface area contributed by atoms with E-state index in [4.69, 9.17) is 27.9 Å². The Morgan fingerprint density at radius 1 is 0.938 bits per heavy atom. The van der Waals surface area contributed by atoms with Crippen molar-refractivity contribution in [1.82, 2.24) is 4.90 Å². The number of carbonyl (C=O) groups is 2. The first-order chi connectivity index (χ1) is 15.4. The summed E-state index contributed by atoms with van der Waals surface area (Å²) >= 11 is 12.2. The van der Waals surface area contributed by atoms with Crippen molar-refractivity contribution in [3.63, 3.8) is 0 Å². The maximum atomic E-state index is 13.4. The van der Waals surface area contributed by atoms with Crippen LogP contribution in [0.5, 0.6) is 5.75 Å². The van der Waals surface area contributed by atoms with Crippen molar-refractivity contribution in [1.29, 1.82) is 0 Å². The molecule has 0 bridgehead atoms. The quantitative estimate of drug-likeness (QED) is 0.480. The molecule has 3 aromatic rings. The van der Waals surface area contributed by atoms with Crippen molar-refractivity contribution >= 4 is 35.1 Å². The molecular formula is C25H21Cl2NO4. The Balaban J connectivity index is 1.52. The predicted molar refractivity (Wildman–Crippen MR) is 123 cm³/mol. The molecule has 1 saturated heterocycles. The van der Waals surface area contributed by atoms with E-state index < -0.39 is 12.0 Å². The second kappa shape index (κ2) is 9.63. The van der Waals surface area contributed by atoms with E-state index in [0.29, 0.717) is 40.8 Å². The highest BCUT2D eigenvalue weighted by atomic mass is 35.5. The van der Waals surface area contributed by atoms with Gasteiger partial charge in [0.2, 0.25) is 0 Å². The van der Waals surface area contributed by atoms with Gasteiger partial charge in [-0.25, -0.2) is 4.79 Å². The van der Waals surface area contributed by atoms with Crippen molar-refractivity contribution in [2.24, 2.45) is 0 Å². The summed E-state index contributed by atoms with van der Waals surface area (Å²) in [5, 5.41) is 10.9. The Kier molecular flexibility index (Phi) is 6.68. The molecule has 0 spiro atoms. The number of halogens is 2. The van der Waals surface area contributed by atoms with Crippen LogP contribution in [0, 0.1) is 0 Å². The molecule has 1 amide bonds. The third kappa shape index (κ3) is 4.74. The number of hydrogen-bond donors (Lipinski definition) is 1. The number of carboxylic acids is 1. The lowest BCUT2D eigenvalue weighted by Gasteiger charge is -2.29. The first-order valence-electron chi connectivity index (χ1n) is 10.2. The highest BCUT2D eigenvalue weighted by molar-refractivity contribution is 6.31. The number of carboxylic acid groups (broad SMARTS) is 1. The molecule has 0 aromatic heterocycles. The summed E-state index contributed by atoms with van der Waals surface area (Å²) in [5.74, 6) is -0.649. The normalized spacial score (nSPS) is 17.9. The van der Waals surface area contributed by atoms with Crippen LogP contribution in [-0.4, -0.2) is 27.9 Å². The molecule has 1 aliphatic heterocycles. The van der Waals surface area contributed by atoms with Crippen LogP contribution in [0.2, 0.25) is 10.0 Å². The third-order valence-electron chi connectivity index (χ3n) is 5.59. The van der Waals surface area contributed by atoms with Crippen LogP contribution in [0.4, 0.5) is 0 Å². The molecule has 0 saturated carbocycles. The number of aliphatic carboxylic acids is 1. The van der Waals surface area contributed by atoms with Gasteiger partial charge in [0.1, 0.15) is 18.4 Å². The van der Waals surface area contributed by atoms with Gasteiger partial charge < -0.3 is 14.7 Å². The van der Waals surface area contributed by atoms with Gasteiger partial charge in [-0.1, -0.05) is 53.5 Å². The monoisotopic (exact) mass is 469 g/mol. The first kappa shape index (κ1) is 22.2. The van der Waals surface area contributed by atoms with E-state index in [0.717, 1.165) is 11.1 Å². The maximum absolute atomic E-state index is 13.4. The Morgan fingerprint density at radius 3 is 2.28 bits per heavy atom. The molecular weight excluding hydrogens is 449 g/mol. The fourth-order valence-electron chi connectivity index (χ4n) is 3.98. The summed E-state index contributed by atoms with van der Waals surface area (Å²) in [6.07, 6.45) is 0.920. The van der Waals surface area contributed by atoms with Gasteiger partial charge in [-0.2, -0.15) is 0 Å². The fourth-order valence-corrected chi connectivity index (χ4v) is 4.37. The number of rotatable bonds is 6. The number of likely N-dealkylation sites (tertiary alicyclic amines) is 1. The highest BCUT2D eigenvalue weighted by Crippen LogP contribution is 2.40. The summed E-state index contributed by atoms with van der Waals surface area (Å²) in [4.78, 5) is 26.7. The molecule has 1 aliphatic rings. The Hall–Kier alpha value is -3.02. The van der Waals surface area contributed by atoms with Crippen LogP contribution in [0.25, 0.3) is 0 Å². The molecule has 32 heavy (non-hydrogen) atoms. The number of amides is 1. The lowest BCUT2D eigenvalue weighted by molar-refractivity contribution is -0.141. The fraction of sp³-hybridized carbons (Fsp3) is 0.200. The molecule has 4 rings (SSSR count). The Bertz CT molecular complexity index is 1120. The van der Waals surface area contributed by atoms with Gasteiger partial charge in [0.15, 0.2) is 0 Å². The second-order valence-corrected chi connectivity index (χ2v) is 8.46. The molecule has 1 N–H and O–H groups in total. The number of nitrogens with zero attached hydrogens (tertiary/aromatic N) is 1. The number of ether oxygens (including phenoxy) is 1. The SMILES string of the molecule is O=C(O)[C@@H]1CC[C@H](c2ccccc2Cl)N1C(=O)c1ccc(COc2ccc(Cl)cc2)cc1. The lowest BCUT2D eigenvalue weighted by Crippen LogP contribution is -2.41. The number of carbonyl (C=O) groups excluding carboxylic acids is 1. The molecule has 164 valence electrons. The number of hydrogen-bond acceptors (Lipinski definition) is 3. The minimum absolute atomic E-state index is 0.329. The molecule has 5 nitrogen and oxygen atoms in total. The van der Waals surface area contributed by atoms with Crippen molar-refractivity contribution in [2.75, 3.05) is 0 Å². The molecule has 0 unspecified atom stereocenters. The van der Waals surface area contributed by atoms with Crippen LogP contribution in [0.3, 0.4) is 0 Å². The summed E-state index contributed by atoms with van der Waals surface area (Å²) in [6, 6.07) is 20.1. The van der Waals surface area contributed by atoms with E-state index >= 15 is 0 Å². The molecule has 0 aliphatic carbocycles. The number of benzene rings is 3. The lowest BCUT2D eigenvalue weighted by atomic mass is 10.0. The largest absolute Gasteiger partial charge is 0.489 e. The molecule has 1 fully saturated rings. The first-order valence-corrected chi connectivity index (χ1v) is 11.0. The minimum Gasteiger partial charge on any atom is -0.489 e. The smallest absolute Gasteiger partial charge is 0.326 e. The zero-order chi connectivity index (χ0) is 22.7. The van der Waals surface area contributed by atoms with Gasteiger partial charge in [-0.3, -0.25) is 4.79 Å². The Morgan fingerprint density at radius 2 is 1.62 bits per heavy atom. The average Bonchev–Trinajstić information content (AvgIpc) is 3.24. The topological polar surface area (TPSA) is 66.8 Å². The molecule has 1 heterocycles. The van der Waals surface area contributed by atoms with E-state index in [1.807, 2.05) is 18.2 Å². The van der Waals surface area contributed by atoms with E-state index in [2.05, 4.69) is 0 Å². The second-order valence-electron chi connectivity index (χ2n) is 7.62. The zero-order valence-corrected chi connectivity index (χ0v) is 18.6. The van der Waals surface area contributed by atoms with Crippen molar-refractivity contribution in [2.45, 2.75) is 31.5 Å². The summed E-state index contributed by atoms with van der Waals surface area (Å²) in [7, 11) is 0. The van der Waals surface area contributed by atoms with Gasteiger partial charge in [0.25, 0.3) is 5.91 Å². The van der Waals surface area contributed by atoms with Crippen LogP contribution >= 0.6 is 23.2 Å². The van der Waals surface area contributed by atoms with Crippen molar-refractivity contribution in [3.05, 3.63) is 99.5 Å². The van der Waals surface area contributed by atoms with E-state index in [1.165, 1.54) is 4.90 Å². The molecule has 3 aromatic carbocycles. The van der Waals surface area contributed by atoms with Crippen LogP contribution in [0.1, 0.15) is 40.4 Å². The van der Waals surface area contributed by atoms with E-state index in [1.54, 1.807) is 54.6 Å². The van der Waals surface area contributed by atoms with Crippen LogP contribution in [-0.2, 0) is 11.4 Å². The maximum Gasteiger partial charge on any atom is 0.326 e. The molecule has 2 atom stereocenters. The van der Waals surface area contributed by atoms with Crippen molar-refractivity contribution < 1.29 is 19.4 Å². The van der Waals surface area contributed by atoms with Gasteiger partial charge in [0.05, 0.1) is 6.04 Å². The molecule has 0 radical (unpaired) electrons. The predicted octanol–water partition coefficient (Wildman–Crippen LogP) is 6.00. The minimum atomic E-state index is -1.01. The average molecular weight is 470 g/mol. The summed E-state index contributed by atoms with van der Waals surface area (Å²) < 4.78 is 5.74. The highest BCUT2D eigenvalue weighted by Gasteiger charge is 2.42. The van der Waals surface area contributed by atoms with E-state index in [9.17, 15) is 14.7 Å². The van der Waals surface area contributed by atoms with Gasteiger partial charge in [-0.15, -0.1) is 0 Å². The summed E-state index contributed by atoms with van der Waals surface area (Å²) in [6.45, 7) is 0.333. The van der Waals surface area contributed by atoms with Crippen LogP contribution < -0.4 is 4.74 Å². The van der Waals surface area contributed by atoms with Crippen LogP contribution in [0.15, 0.2) is 72.8 Å². The van der Waals surface area contributed by atoms with Gasteiger partial charge in [-0.05, 0) is 66.4 Å². The van der Waals surface area contributed by atoms with Crippen molar-refractivity contribution in [3.8, 4) is 5.75 Å². The third-order valence-corrected chi connectivity index (χ3v) is 6.19. The summed E-state index contributed by atoms with van der Waals surface area (Å²) in [5.41, 5.74) is 2.07. The zero-order valence-electron chi connectivity index (χ0n) is 17.1. The molecule has 7 heteroatoms. The van der Waals surface area contributed by atoms with Gasteiger partial charge in [0, 0.05) is 15.6 Å². The Labute approximate surface area is 196 Å². The van der Waals surface area contributed by atoms with E-state index in [-0.39, 0.29) is 11.9 Å². The van der Waals surface area contributed by atoms with Gasteiger partial charge >= 0.3 is 5.97 Å².